The Kier molecular flexibility index (Phi) is 6.44. The second-order valence-electron chi connectivity index (χ2n) is 4.45. The van der Waals surface area contributed by atoms with Gasteiger partial charge >= 0.3 is 5.97 Å². The maximum atomic E-state index is 11.1. The van der Waals surface area contributed by atoms with Crippen molar-refractivity contribution in [2.45, 2.75) is 46.2 Å². The van der Waals surface area contributed by atoms with E-state index in [4.69, 9.17) is 4.74 Å². The van der Waals surface area contributed by atoms with Crippen molar-refractivity contribution in [3.63, 3.8) is 0 Å². The third kappa shape index (κ3) is 4.88. The molecule has 1 atom stereocenters. The van der Waals surface area contributed by atoms with Gasteiger partial charge in [0.05, 0.1) is 0 Å². The highest BCUT2D eigenvalue weighted by molar-refractivity contribution is 5.68. The van der Waals surface area contributed by atoms with Gasteiger partial charge < -0.3 is 10.1 Å². The number of carbonyl (C=O) groups excluding carboxylic acids is 1. The molecule has 3 nitrogen and oxygen atoms in total. The molecule has 0 radical (unpaired) electrons. The van der Waals surface area contributed by atoms with E-state index in [1.54, 1.807) is 0 Å². The molecule has 0 amide bonds. The van der Waals surface area contributed by atoms with Gasteiger partial charge in [-0.2, -0.15) is 0 Å². The monoisotopic (exact) mass is 249 g/mol. The number of rotatable bonds is 7. The number of benzene rings is 1. The van der Waals surface area contributed by atoms with Gasteiger partial charge in [-0.15, -0.1) is 0 Å². The number of ether oxygens (including phenoxy) is 1. The molecule has 0 aliphatic carbocycles. The minimum absolute atomic E-state index is 0.133. The largest absolute Gasteiger partial charge is 0.464 e. The Labute approximate surface area is 110 Å². The lowest BCUT2D eigenvalue weighted by molar-refractivity contribution is -0.144. The Morgan fingerprint density at radius 1 is 1.33 bits per heavy atom. The fourth-order valence-electron chi connectivity index (χ4n) is 1.68. The van der Waals surface area contributed by atoms with E-state index in [1.165, 1.54) is 11.1 Å². The van der Waals surface area contributed by atoms with Crippen LogP contribution in [0.1, 0.15) is 37.8 Å². The third-order valence-corrected chi connectivity index (χ3v) is 3.07. The molecule has 0 fully saturated rings. The third-order valence-electron chi connectivity index (χ3n) is 3.07. The lowest BCUT2D eigenvalue weighted by atomic mass is 10.1. The number of hydrogen-bond acceptors (Lipinski definition) is 3. The van der Waals surface area contributed by atoms with E-state index < -0.39 is 0 Å². The average molecular weight is 249 g/mol. The summed E-state index contributed by atoms with van der Waals surface area (Å²) in [5.41, 5.74) is 2.57. The van der Waals surface area contributed by atoms with Crippen LogP contribution < -0.4 is 5.32 Å². The van der Waals surface area contributed by atoms with Gasteiger partial charge in [0.25, 0.3) is 0 Å². The molecule has 1 aromatic carbocycles. The van der Waals surface area contributed by atoms with Crippen molar-refractivity contribution in [2.24, 2.45) is 0 Å². The van der Waals surface area contributed by atoms with Crippen LogP contribution in [0.15, 0.2) is 24.3 Å². The summed E-state index contributed by atoms with van der Waals surface area (Å²) < 4.78 is 5.16. The van der Waals surface area contributed by atoms with Crippen LogP contribution in [0.4, 0.5) is 0 Å². The van der Waals surface area contributed by atoms with Crippen molar-refractivity contribution in [3.05, 3.63) is 35.4 Å². The molecule has 0 saturated heterocycles. The molecule has 0 aliphatic rings. The normalized spacial score (nSPS) is 12.2. The maximum absolute atomic E-state index is 11.1. The Hall–Kier alpha value is -1.35. The van der Waals surface area contributed by atoms with E-state index in [0.717, 1.165) is 13.0 Å². The number of aryl methyl sites for hydroxylation is 1. The summed E-state index contributed by atoms with van der Waals surface area (Å²) in [6.45, 7) is 7.28. The van der Waals surface area contributed by atoms with Crippen molar-refractivity contribution in [1.29, 1.82) is 0 Å². The molecule has 1 rings (SSSR count). The average Bonchev–Trinajstić information content (AvgIpc) is 2.40. The van der Waals surface area contributed by atoms with Crippen molar-refractivity contribution in [2.75, 3.05) is 6.61 Å². The van der Waals surface area contributed by atoms with Gasteiger partial charge in [0.2, 0.25) is 0 Å². The summed E-state index contributed by atoms with van der Waals surface area (Å²) >= 11 is 0. The van der Waals surface area contributed by atoms with E-state index in [0.29, 0.717) is 13.0 Å². The van der Waals surface area contributed by atoms with Gasteiger partial charge in [0, 0.05) is 19.0 Å². The van der Waals surface area contributed by atoms with E-state index in [2.05, 4.69) is 31.3 Å². The van der Waals surface area contributed by atoms with Gasteiger partial charge in [0.15, 0.2) is 0 Å². The van der Waals surface area contributed by atoms with Gasteiger partial charge in [0.1, 0.15) is 6.61 Å². The minimum atomic E-state index is -0.133. The summed E-state index contributed by atoms with van der Waals surface area (Å²) in [6.07, 6.45) is 1.39. The molecular weight excluding hydrogens is 226 g/mol. The first-order chi connectivity index (χ1) is 8.67. The van der Waals surface area contributed by atoms with Crippen LogP contribution in [-0.4, -0.2) is 18.6 Å². The predicted octanol–water partition coefficient (Wildman–Crippen LogP) is 2.82. The van der Waals surface area contributed by atoms with Gasteiger partial charge in [-0.05, 0) is 24.5 Å². The molecule has 0 heterocycles. The lowest BCUT2D eigenvalue weighted by Gasteiger charge is -2.17. The summed E-state index contributed by atoms with van der Waals surface area (Å²) in [7, 11) is 0. The highest BCUT2D eigenvalue weighted by atomic mass is 16.5. The zero-order chi connectivity index (χ0) is 13.4. The Morgan fingerprint density at radius 2 is 2.06 bits per heavy atom. The van der Waals surface area contributed by atoms with Crippen LogP contribution in [0, 0.1) is 6.92 Å². The Morgan fingerprint density at radius 3 is 2.67 bits per heavy atom. The topological polar surface area (TPSA) is 38.3 Å². The quantitative estimate of drug-likeness (QED) is 0.755. The summed E-state index contributed by atoms with van der Waals surface area (Å²) in [4.78, 5) is 11.1. The molecule has 18 heavy (non-hydrogen) atoms. The molecule has 1 aromatic rings. The maximum Gasteiger partial charge on any atom is 0.305 e. The van der Waals surface area contributed by atoms with E-state index >= 15 is 0 Å². The van der Waals surface area contributed by atoms with Crippen LogP contribution in [-0.2, 0) is 16.1 Å². The number of esters is 1. The molecule has 0 spiro atoms. The molecule has 0 bridgehead atoms. The minimum Gasteiger partial charge on any atom is -0.464 e. The van der Waals surface area contributed by atoms with Crippen LogP contribution in [0.3, 0.4) is 0 Å². The summed E-state index contributed by atoms with van der Waals surface area (Å²) in [6, 6.07) is 8.53. The predicted molar refractivity (Wildman–Crippen MR) is 73.3 cm³/mol. The molecular formula is C15H23NO2. The molecule has 0 saturated carbocycles. The van der Waals surface area contributed by atoms with Gasteiger partial charge in [-0.3, -0.25) is 4.79 Å². The number of hydrogen-bond donors (Lipinski definition) is 1. The van der Waals surface area contributed by atoms with Crippen LogP contribution >= 0.6 is 0 Å². The zero-order valence-electron chi connectivity index (χ0n) is 11.5. The van der Waals surface area contributed by atoms with Crippen molar-refractivity contribution in [1.82, 2.24) is 5.32 Å². The van der Waals surface area contributed by atoms with Crippen LogP contribution in [0.5, 0.6) is 0 Å². The van der Waals surface area contributed by atoms with Crippen molar-refractivity contribution in [3.8, 4) is 0 Å². The van der Waals surface area contributed by atoms with Gasteiger partial charge in [-0.25, -0.2) is 0 Å². The van der Waals surface area contributed by atoms with Gasteiger partial charge in [-0.1, -0.05) is 38.1 Å². The molecule has 0 aliphatic heterocycles. The van der Waals surface area contributed by atoms with Crippen molar-refractivity contribution < 1.29 is 9.53 Å². The molecule has 100 valence electrons. The van der Waals surface area contributed by atoms with E-state index in [-0.39, 0.29) is 12.0 Å². The fourth-order valence-corrected chi connectivity index (χ4v) is 1.68. The molecule has 1 N–H and O–H groups in total. The lowest BCUT2D eigenvalue weighted by Crippen LogP contribution is -2.33. The highest BCUT2D eigenvalue weighted by Gasteiger charge is 2.09. The van der Waals surface area contributed by atoms with Crippen molar-refractivity contribution >= 4 is 5.97 Å². The number of carbonyl (C=O) groups is 1. The first-order valence-corrected chi connectivity index (χ1v) is 6.60. The molecule has 0 aromatic heterocycles. The second-order valence-corrected chi connectivity index (χ2v) is 4.45. The van der Waals surface area contributed by atoms with Crippen LogP contribution in [0.25, 0.3) is 0 Å². The zero-order valence-corrected chi connectivity index (χ0v) is 11.5. The Bertz CT molecular complexity index is 377. The smallest absolute Gasteiger partial charge is 0.305 e. The summed E-state index contributed by atoms with van der Waals surface area (Å²) in [5, 5.41) is 3.43. The first-order valence-electron chi connectivity index (χ1n) is 6.60. The van der Waals surface area contributed by atoms with E-state index in [1.807, 2.05) is 19.1 Å². The number of nitrogens with one attached hydrogen (secondary N) is 1. The SMILES string of the molecule is CCC(=O)OCC(CC)NCc1ccccc1C. The standard InChI is InChI=1S/C15H23NO2/c1-4-14(11-18-15(17)5-2)16-10-13-9-7-6-8-12(13)3/h6-9,14,16H,4-5,10-11H2,1-3H3. The van der Waals surface area contributed by atoms with E-state index in [9.17, 15) is 4.79 Å². The summed E-state index contributed by atoms with van der Waals surface area (Å²) in [5.74, 6) is -0.133. The Balaban J connectivity index is 2.40. The second kappa shape index (κ2) is 7.88. The first kappa shape index (κ1) is 14.7. The molecule has 1 unspecified atom stereocenters. The fraction of sp³-hybridized carbons (Fsp3) is 0.533. The van der Waals surface area contributed by atoms with Crippen LogP contribution in [0.2, 0.25) is 0 Å². The highest BCUT2D eigenvalue weighted by Crippen LogP contribution is 2.07. The molecule has 3 heteroatoms.